The zero-order valence-electron chi connectivity index (χ0n) is 14.2. The van der Waals surface area contributed by atoms with Crippen molar-refractivity contribution in [2.24, 2.45) is 7.05 Å². The van der Waals surface area contributed by atoms with Gasteiger partial charge in [0.25, 0.3) is 5.56 Å². The lowest BCUT2D eigenvalue weighted by molar-refractivity contribution is 0.0374. The topological polar surface area (TPSA) is 98.3 Å². The van der Waals surface area contributed by atoms with E-state index in [1.807, 2.05) is 0 Å². The smallest absolute Gasteiger partial charge is 0.315 e. The Morgan fingerprint density at radius 1 is 1.36 bits per heavy atom. The van der Waals surface area contributed by atoms with Gasteiger partial charge in [-0.3, -0.25) is 4.79 Å². The third-order valence-corrected chi connectivity index (χ3v) is 4.57. The highest BCUT2D eigenvalue weighted by atomic mass is 16.5. The van der Waals surface area contributed by atoms with Gasteiger partial charge in [-0.05, 0) is 19.3 Å². The van der Waals surface area contributed by atoms with Crippen LogP contribution in [0.1, 0.15) is 31.1 Å². The lowest BCUT2D eigenvalue weighted by atomic mass is 10.2. The number of ether oxygens (including phenoxy) is 1. The van der Waals surface area contributed by atoms with Gasteiger partial charge in [-0.1, -0.05) is 5.10 Å². The van der Waals surface area contributed by atoms with Crippen molar-refractivity contribution in [3.63, 3.8) is 0 Å². The average molecular weight is 346 g/mol. The van der Waals surface area contributed by atoms with Crippen molar-refractivity contribution < 1.29 is 9.15 Å². The second kappa shape index (κ2) is 6.83. The van der Waals surface area contributed by atoms with E-state index < -0.39 is 0 Å². The van der Waals surface area contributed by atoms with E-state index in [4.69, 9.17) is 9.15 Å². The van der Waals surface area contributed by atoms with Crippen molar-refractivity contribution in [2.75, 3.05) is 36.5 Å². The second-order valence-corrected chi connectivity index (χ2v) is 6.55. The molecule has 9 nitrogen and oxygen atoms in total. The Kier molecular flexibility index (Phi) is 4.39. The molecule has 1 aliphatic carbocycles. The maximum atomic E-state index is 11.8. The summed E-state index contributed by atoms with van der Waals surface area (Å²) in [6, 6.07) is 2.09. The van der Waals surface area contributed by atoms with E-state index in [2.05, 4.69) is 25.5 Å². The van der Waals surface area contributed by atoms with Gasteiger partial charge in [0.05, 0.1) is 24.6 Å². The van der Waals surface area contributed by atoms with Crippen LogP contribution in [0.25, 0.3) is 0 Å². The number of hydrogen-bond donors (Lipinski definition) is 1. The number of aryl methyl sites for hydroxylation is 1. The minimum absolute atomic E-state index is 0.0798. The first-order valence-corrected chi connectivity index (χ1v) is 8.66. The third kappa shape index (κ3) is 3.81. The Bertz CT molecular complexity index is 784. The first-order chi connectivity index (χ1) is 12.2. The first-order valence-electron chi connectivity index (χ1n) is 8.66. The average Bonchev–Trinajstić information content (AvgIpc) is 3.37. The quantitative estimate of drug-likeness (QED) is 0.818. The van der Waals surface area contributed by atoms with Crippen molar-refractivity contribution in [2.45, 2.75) is 31.3 Å². The number of aromatic nitrogens is 4. The van der Waals surface area contributed by atoms with Crippen molar-refractivity contribution >= 4 is 11.7 Å². The van der Waals surface area contributed by atoms with E-state index in [-0.39, 0.29) is 11.7 Å². The number of rotatable bonds is 6. The van der Waals surface area contributed by atoms with Crippen molar-refractivity contribution in [1.82, 2.24) is 20.0 Å². The summed E-state index contributed by atoms with van der Waals surface area (Å²) in [6.07, 6.45) is 4.90. The van der Waals surface area contributed by atoms with Crippen LogP contribution in [0.4, 0.5) is 11.7 Å². The zero-order chi connectivity index (χ0) is 17.2. The van der Waals surface area contributed by atoms with Crippen LogP contribution in [0.3, 0.4) is 0 Å². The van der Waals surface area contributed by atoms with Crippen LogP contribution in [0, 0.1) is 0 Å². The van der Waals surface area contributed by atoms with Gasteiger partial charge in [-0.2, -0.15) is 5.10 Å². The minimum atomic E-state index is -0.106. The molecule has 4 rings (SSSR count). The van der Waals surface area contributed by atoms with E-state index in [9.17, 15) is 4.79 Å². The largest absolute Gasteiger partial charge is 0.408 e. The Hall–Kier alpha value is -2.42. The second-order valence-electron chi connectivity index (χ2n) is 6.55. The van der Waals surface area contributed by atoms with E-state index >= 15 is 0 Å². The molecule has 2 aliphatic rings. The van der Waals surface area contributed by atoms with Crippen LogP contribution in [-0.2, 0) is 11.8 Å². The molecule has 0 bridgehead atoms. The molecule has 1 saturated heterocycles. The van der Waals surface area contributed by atoms with Gasteiger partial charge in [0.2, 0.25) is 5.89 Å². The van der Waals surface area contributed by atoms with Crippen molar-refractivity contribution in [1.29, 1.82) is 0 Å². The van der Waals surface area contributed by atoms with Crippen LogP contribution in [0.5, 0.6) is 0 Å². The van der Waals surface area contributed by atoms with Gasteiger partial charge in [-0.25, -0.2) is 4.68 Å². The predicted octanol–water partition coefficient (Wildman–Crippen LogP) is 0.748. The van der Waals surface area contributed by atoms with Gasteiger partial charge in [0, 0.05) is 38.7 Å². The Labute approximate surface area is 145 Å². The Morgan fingerprint density at radius 3 is 3.04 bits per heavy atom. The van der Waals surface area contributed by atoms with Crippen LogP contribution in [-0.4, -0.2) is 52.3 Å². The van der Waals surface area contributed by atoms with Crippen LogP contribution in [0.2, 0.25) is 0 Å². The number of anilines is 2. The molecule has 0 aromatic carbocycles. The van der Waals surface area contributed by atoms with E-state index in [1.54, 1.807) is 19.3 Å². The summed E-state index contributed by atoms with van der Waals surface area (Å²) in [5, 5.41) is 15.3. The highest BCUT2D eigenvalue weighted by Gasteiger charge is 2.29. The molecule has 3 heterocycles. The summed E-state index contributed by atoms with van der Waals surface area (Å²) >= 11 is 0. The number of nitrogens with one attached hydrogen (secondary N) is 1. The molecule has 1 atom stereocenters. The fraction of sp³-hybridized carbons (Fsp3) is 0.625. The van der Waals surface area contributed by atoms with Gasteiger partial charge >= 0.3 is 6.01 Å². The van der Waals surface area contributed by atoms with E-state index in [1.165, 1.54) is 4.68 Å². The zero-order valence-corrected chi connectivity index (χ0v) is 14.2. The van der Waals surface area contributed by atoms with Gasteiger partial charge in [0.15, 0.2) is 0 Å². The molecular formula is C16H22N6O3. The van der Waals surface area contributed by atoms with Crippen molar-refractivity contribution in [3.8, 4) is 0 Å². The lowest BCUT2D eigenvalue weighted by Crippen LogP contribution is -2.43. The SMILES string of the molecule is Cn1ncc(N2CCO[C@H](CCNc3nnc(C4CC4)o3)C2)cc1=O. The Morgan fingerprint density at radius 2 is 2.24 bits per heavy atom. The molecule has 25 heavy (non-hydrogen) atoms. The molecule has 0 unspecified atom stereocenters. The Balaban J connectivity index is 1.28. The highest BCUT2D eigenvalue weighted by molar-refractivity contribution is 5.43. The van der Waals surface area contributed by atoms with Crippen LogP contribution >= 0.6 is 0 Å². The van der Waals surface area contributed by atoms with Crippen LogP contribution in [0.15, 0.2) is 21.5 Å². The van der Waals surface area contributed by atoms with Gasteiger partial charge in [-0.15, -0.1) is 5.10 Å². The first kappa shape index (κ1) is 16.1. The highest BCUT2D eigenvalue weighted by Crippen LogP contribution is 2.39. The molecule has 1 N–H and O–H groups in total. The molecule has 2 aromatic heterocycles. The molecule has 9 heteroatoms. The van der Waals surface area contributed by atoms with Crippen molar-refractivity contribution in [3.05, 3.63) is 28.5 Å². The van der Waals surface area contributed by atoms with Crippen LogP contribution < -0.4 is 15.8 Å². The molecule has 1 aliphatic heterocycles. The lowest BCUT2D eigenvalue weighted by Gasteiger charge is -2.34. The third-order valence-electron chi connectivity index (χ3n) is 4.57. The maximum absolute atomic E-state index is 11.8. The summed E-state index contributed by atoms with van der Waals surface area (Å²) in [6.45, 7) is 2.81. The van der Waals surface area contributed by atoms with E-state index in [0.717, 1.165) is 43.9 Å². The standard InChI is InChI=1S/C16H22N6O3/c1-21-14(23)8-12(9-18-21)22-6-7-24-13(10-22)4-5-17-16-20-19-15(25-16)11-2-3-11/h8-9,11,13H,2-7,10H2,1H3,(H,17,20)/t13-/m1/s1. The summed E-state index contributed by atoms with van der Waals surface area (Å²) in [7, 11) is 1.64. The fourth-order valence-electron chi connectivity index (χ4n) is 2.90. The minimum Gasteiger partial charge on any atom is -0.408 e. The molecule has 0 spiro atoms. The predicted molar refractivity (Wildman–Crippen MR) is 90.8 cm³/mol. The number of hydrogen-bond acceptors (Lipinski definition) is 8. The number of nitrogens with zero attached hydrogens (tertiary/aromatic N) is 5. The molecule has 0 radical (unpaired) electrons. The molecule has 134 valence electrons. The molecule has 2 fully saturated rings. The maximum Gasteiger partial charge on any atom is 0.315 e. The fourth-order valence-corrected chi connectivity index (χ4v) is 2.90. The monoisotopic (exact) mass is 346 g/mol. The molecule has 1 saturated carbocycles. The van der Waals surface area contributed by atoms with Gasteiger partial charge < -0.3 is 19.4 Å². The van der Waals surface area contributed by atoms with E-state index in [0.29, 0.717) is 25.1 Å². The van der Waals surface area contributed by atoms with Gasteiger partial charge in [0.1, 0.15) is 0 Å². The summed E-state index contributed by atoms with van der Waals surface area (Å²) in [5.74, 6) is 1.20. The molecular weight excluding hydrogens is 324 g/mol. The normalized spacial score (nSPS) is 20.7. The summed E-state index contributed by atoms with van der Waals surface area (Å²) in [4.78, 5) is 13.9. The summed E-state index contributed by atoms with van der Waals surface area (Å²) < 4.78 is 12.7. The number of morpholine rings is 1. The molecule has 2 aromatic rings. The molecule has 0 amide bonds. The summed E-state index contributed by atoms with van der Waals surface area (Å²) in [5.41, 5.74) is 0.736.